The van der Waals surface area contributed by atoms with Crippen molar-refractivity contribution in [3.63, 3.8) is 0 Å². The zero-order chi connectivity index (χ0) is 27.1. The summed E-state index contributed by atoms with van der Waals surface area (Å²) < 4.78 is 13.0. The molecule has 1 aromatic heterocycles. The van der Waals surface area contributed by atoms with Gasteiger partial charge < -0.3 is 29.2 Å². The molecule has 208 valence electrons. The molecular weight excluding hydrogens is 488 g/mol. The Labute approximate surface area is 224 Å². The molecular formula is C28H40N4O6. The minimum atomic E-state index is -0.891. The number of aromatic nitrogens is 2. The van der Waals surface area contributed by atoms with Crippen molar-refractivity contribution in [2.24, 2.45) is 5.92 Å². The van der Waals surface area contributed by atoms with E-state index in [0.717, 1.165) is 44.3 Å². The number of carboxylic acids is 1. The first-order valence-electron chi connectivity index (χ1n) is 13.7. The Morgan fingerprint density at radius 3 is 2.55 bits per heavy atom. The average Bonchev–Trinajstić information content (AvgIpc) is 3.67. The number of imidazole rings is 1. The Balaban J connectivity index is 1.62. The van der Waals surface area contributed by atoms with Gasteiger partial charge in [0.25, 0.3) is 0 Å². The van der Waals surface area contributed by atoms with Crippen LogP contribution in [0.1, 0.15) is 63.0 Å². The molecule has 1 saturated heterocycles. The average molecular weight is 529 g/mol. The zero-order valence-corrected chi connectivity index (χ0v) is 22.4. The van der Waals surface area contributed by atoms with Crippen LogP contribution in [0.4, 0.5) is 0 Å². The normalized spacial score (nSPS) is 20.7. The highest BCUT2D eigenvalue weighted by Gasteiger charge is 2.47. The Kier molecular flexibility index (Phi) is 9.63. The molecule has 1 amide bonds. The fourth-order valence-corrected chi connectivity index (χ4v) is 5.66. The third-order valence-electron chi connectivity index (χ3n) is 7.70. The molecule has 10 heteroatoms. The quantitative estimate of drug-likeness (QED) is 0.384. The number of carboxylic acid groups (broad SMARTS) is 1. The molecule has 0 radical (unpaired) electrons. The van der Waals surface area contributed by atoms with Gasteiger partial charge in [-0.25, -0.2) is 4.98 Å². The van der Waals surface area contributed by atoms with Gasteiger partial charge in [-0.2, -0.15) is 0 Å². The van der Waals surface area contributed by atoms with Crippen molar-refractivity contribution < 1.29 is 29.3 Å². The van der Waals surface area contributed by atoms with E-state index in [1.807, 2.05) is 27.8 Å². The number of aliphatic hydroxyl groups is 1. The fraction of sp³-hybridized carbons (Fsp3) is 0.607. The van der Waals surface area contributed by atoms with Crippen LogP contribution in [0.15, 0.2) is 30.9 Å². The number of likely N-dealkylation sites (tertiary alicyclic amines) is 1. The number of rotatable bonds is 14. The number of hydrogen-bond acceptors (Lipinski definition) is 7. The van der Waals surface area contributed by atoms with Gasteiger partial charge in [0.05, 0.1) is 25.4 Å². The Hall–Kier alpha value is -3.11. The molecule has 3 atom stereocenters. The third kappa shape index (κ3) is 6.30. The lowest BCUT2D eigenvalue weighted by atomic mass is 9.83. The van der Waals surface area contributed by atoms with E-state index in [1.165, 1.54) is 0 Å². The number of hydrogen-bond donors (Lipinski definition) is 2. The highest BCUT2D eigenvalue weighted by molar-refractivity contribution is 5.79. The number of aryl methyl sites for hydroxylation is 1. The van der Waals surface area contributed by atoms with Crippen LogP contribution in [0, 0.1) is 5.92 Å². The number of carbonyl (C=O) groups is 2. The van der Waals surface area contributed by atoms with Crippen LogP contribution in [-0.4, -0.2) is 80.5 Å². The number of fused-ring (bicyclic) bond motifs is 1. The summed E-state index contributed by atoms with van der Waals surface area (Å²) in [6.07, 6.45) is 9.76. The standard InChI is InChI=1S/C28H40N4O6/c1-3-5-9-31(10-6-4-2)25(34)16-32-15-22(20-13-21(17-33)27-24(14-20)37-19-38-27)26(28(35)36)23(32)7-11-30-12-8-29-18-30/h8,12-14,18,22-23,26,33H,3-7,9-11,15-17,19H2,1-2H3,(H,35,36)/t22-,23+,26-/m1/s1. The van der Waals surface area contributed by atoms with E-state index >= 15 is 0 Å². The first-order valence-corrected chi connectivity index (χ1v) is 13.7. The first-order chi connectivity index (χ1) is 18.5. The van der Waals surface area contributed by atoms with E-state index in [2.05, 4.69) is 23.7 Å². The van der Waals surface area contributed by atoms with E-state index in [4.69, 9.17) is 9.47 Å². The lowest BCUT2D eigenvalue weighted by Gasteiger charge is -2.30. The summed E-state index contributed by atoms with van der Waals surface area (Å²) in [4.78, 5) is 34.4. The number of carbonyl (C=O) groups excluding carboxylic acids is 1. The minimum Gasteiger partial charge on any atom is -0.481 e. The van der Waals surface area contributed by atoms with E-state index in [0.29, 0.717) is 36.6 Å². The van der Waals surface area contributed by atoms with E-state index in [-0.39, 0.29) is 37.8 Å². The first kappa shape index (κ1) is 27.9. The van der Waals surface area contributed by atoms with Gasteiger partial charge in [0.1, 0.15) is 0 Å². The van der Waals surface area contributed by atoms with Crippen LogP contribution in [0.25, 0.3) is 0 Å². The van der Waals surface area contributed by atoms with Gasteiger partial charge in [0.15, 0.2) is 11.5 Å². The summed E-state index contributed by atoms with van der Waals surface area (Å²) in [6, 6.07) is 3.31. The van der Waals surface area contributed by atoms with Crippen LogP contribution < -0.4 is 9.47 Å². The van der Waals surface area contributed by atoms with E-state index in [9.17, 15) is 19.8 Å². The van der Waals surface area contributed by atoms with Crippen molar-refractivity contribution in [1.29, 1.82) is 0 Å². The SMILES string of the molecule is CCCCN(CCCC)C(=O)CN1C[C@H](c2cc(CO)c3c(c2)OCO3)[C@@H](C(=O)O)[C@@H]1CCn1ccnc1. The molecule has 4 rings (SSSR count). The number of benzene rings is 1. The minimum absolute atomic E-state index is 0.0473. The van der Waals surface area contributed by atoms with Crippen molar-refractivity contribution in [2.75, 3.05) is 33.0 Å². The van der Waals surface area contributed by atoms with Gasteiger partial charge >= 0.3 is 5.97 Å². The van der Waals surface area contributed by atoms with E-state index in [1.54, 1.807) is 12.5 Å². The molecule has 1 fully saturated rings. The fourth-order valence-electron chi connectivity index (χ4n) is 5.66. The van der Waals surface area contributed by atoms with Gasteiger partial charge in [-0.15, -0.1) is 0 Å². The summed E-state index contributed by atoms with van der Waals surface area (Å²) in [5.74, 6) is -0.910. The maximum atomic E-state index is 13.5. The van der Waals surface area contributed by atoms with Crippen molar-refractivity contribution in [3.8, 4) is 11.5 Å². The molecule has 0 aliphatic carbocycles. The van der Waals surface area contributed by atoms with Gasteiger partial charge in [-0.3, -0.25) is 14.5 Å². The summed E-state index contributed by atoms with van der Waals surface area (Å²) in [5.41, 5.74) is 1.36. The molecule has 1 aromatic carbocycles. The van der Waals surface area contributed by atoms with Crippen molar-refractivity contribution in [3.05, 3.63) is 42.0 Å². The van der Waals surface area contributed by atoms with Crippen LogP contribution in [0.3, 0.4) is 0 Å². The topological polar surface area (TPSA) is 117 Å². The molecule has 2 aliphatic rings. The van der Waals surface area contributed by atoms with Crippen molar-refractivity contribution >= 4 is 11.9 Å². The monoisotopic (exact) mass is 528 g/mol. The maximum absolute atomic E-state index is 13.5. The highest BCUT2D eigenvalue weighted by atomic mass is 16.7. The van der Waals surface area contributed by atoms with Crippen LogP contribution in [-0.2, 0) is 22.7 Å². The molecule has 0 spiro atoms. The van der Waals surface area contributed by atoms with Crippen LogP contribution in [0.5, 0.6) is 11.5 Å². The maximum Gasteiger partial charge on any atom is 0.308 e. The van der Waals surface area contributed by atoms with Crippen LogP contribution in [0.2, 0.25) is 0 Å². The van der Waals surface area contributed by atoms with Gasteiger partial charge in [0, 0.05) is 56.1 Å². The molecule has 10 nitrogen and oxygen atoms in total. The second-order valence-electron chi connectivity index (χ2n) is 10.2. The lowest BCUT2D eigenvalue weighted by Crippen LogP contribution is -2.45. The molecule has 0 unspecified atom stereocenters. The number of aliphatic carboxylic acids is 1. The third-order valence-corrected chi connectivity index (χ3v) is 7.70. The predicted molar refractivity (Wildman–Crippen MR) is 141 cm³/mol. The zero-order valence-electron chi connectivity index (χ0n) is 22.4. The second-order valence-corrected chi connectivity index (χ2v) is 10.2. The number of nitrogens with zero attached hydrogens (tertiary/aromatic N) is 4. The van der Waals surface area contributed by atoms with Crippen molar-refractivity contribution in [2.45, 2.75) is 71.1 Å². The second kappa shape index (κ2) is 13.1. The number of unbranched alkanes of at least 4 members (excludes halogenated alkanes) is 2. The van der Waals surface area contributed by atoms with Gasteiger partial charge in [0.2, 0.25) is 12.7 Å². The summed E-state index contributed by atoms with van der Waals surface area (Å²) in [5, 5.41) is 20.4. The highest BCUT2D eigenvalue weighted by Crippen LogP contribution is 2.44. The molecule has 0 bridgehead atoms. The Morgan fingerprint density at radius 2 is 1.92 bits per heavy atom. The van der Waals surface area contributed by atoms with E-state index < -0.39 is 11.9 Å². The Morgan fingerprint density at radius 1 is 1.16 bits per heavy atom. The largest absolute Gasteiger partial charge is 0.481 e. The molecule has 2 N–H and O–H groups in total. The molecule has 0 saturated carbocycles. The Bertz CT molecular complexity index is 1070. The molecule has 3 heterocycles. The summed E-state index contributed by atoms with van der Waals surface area (Å²) in [6.45, 7) is 6.71. The summed E-state index contributed by atoms with van der Waals surface area (Å²) >= 11 is 0. The van der Waals surface area contributed by atoms with Gasteiger partial charge in [-0.1, -0.05) is 26.7 Å². The molecule has 38 heavy (non-hydrogen) atoms. The number of ether oxygens (including phenoxy) is 2. The summed E-state index contributed by atoms with van der Waals surface area (Å²) in [7, 11) is 0. The van der Waals surface area contributed by atoms with Crippen molar-refractivity contribution in [1.82, 2.24) is 19.4 Å². The number of aliphatic hydroxyl groups excluding tert-OH is 1. The molecule has 2 aliphatic heterocycles. The lowest BCUT2D eigenvalue weighted by molar-refractivity contribution is -0.144. The van der Waals surface area contributed by atoms with Crippen LogP contribution >= 0.6 is 0 Å². The van der Waals surface area contributed by atoms with Gasteiger partial charge in [-0.05, 0) is 37.0 Å². The predicted octanol–water partition coefficient (Wildman–Crippen LogP) is 3.09. The molecule has 2 aromatic rings. The number of amides is 1. The smallest absolute Gasteiger partial charge is 0.308 e.